The molecular weight excluding hydrogens is 364 g/mol. The summed E-state index contributed by atoms with van der Waals surface area (Å²) in [4.78, 5) is 17.0. The Morgan fingerprint density at radius 2 is 1.55 bits per heavy atom. The van der Waals surface area contributed by atoms with Gasteiger partial charge in [0.25, 0.3) is 0 Å². The summed E-state index contributed by atoms with van der Waals surface area (Å²) in [5.74, 6) is 0.863. The molecule has 0 N–H and O–H groups in total. The van der Waals surface area contributed by atoms with Gasteiger partial charge in [-0.25, -0.2) is 4.79 Å². The van der Waals surface area contributed by atoms with Crippen LogP contribution in [0.1, 0.15) is 0 Å². The summed E-state index contributed by atoms with van der Waals surface area (Å²) in [6, 6.07) is 21.9. The van der Waals surface area contributed by atoms with Gasteiger partial charge in [-0.3, -0.25) is 0 Å². The van der Waals surface area contributed by atoms with Crippen LogP contribution >= 0.6 is 0 Å². The number of rotatable bonds is 3. The van der Waals surface area contributed by atoms with Crippen LogP contribution in [0.15, 0.2) is 75.9 Å². The van der Waals surface area contributed by atoms with Crippen LogP contribution in [0.25, 0.3) is 21.7 Å². The zero-order chi connectivity index (χ0) is 19.8. The third-order valence-corrected chi connectivity index (χ3v) is 5.67. The number of fused-ring (bicyclic) bond motifs is 3. The Hall–Kier alpha value is -3.47. The minimum absolute atomic E-state index is 0.304. The summed E-state index contributed by atoms with van der Waals surface area (Å²) in [6.45, 7) is 3.47. The van der Waals surface area contributed by atoms with Crippen molar-refractivity contribution in [3.63, 3.8) is 0 Å². The lowest BCUT2D eigenvalue weighted by Crippen LogP contribution is -2.46. The number of hydrogen-bond donors (Lipinski definition) is 0. The molecule has 1 aliphatic rings. The van der Waals surface area contributed by atoms with Gasteiger partial charge in [0.15, 0.2) is 0 Å². The number of anilines is 2. The molecule has 0 amide bonds. The van der Waals surface area contributed by atoms with Crippen molar-refractivity contribution in [2.75, 3.05) is 43.1 Å². The van der Waals surface area contributed by atoms with Crippen LogP contribution in [-0.2, 0) is 0 Å². The van der Waals surface area contributed by atoms with E-state index in [2.05, 4.69) is 34.1 Å². The first-order valence-corrected chi connectivity index (χ1v) is 9.82. The molecule has 0 atom stereocenters. The predicted octanol–water partition coefficient (Wildman–Crippen LogP) is 4.28. The molecule has 146 valence electrons. The number of methoxy groups -OCH3 is 1. The average Bonchev–Trinajstić information content (AvgIpc) is 2.78. The zero-order valence-electron chi connectivity index (χ0n) is 16.3. The molecule has 5 nitrogen and oxygen atoms in total. The van der Waals surface area contributed by atoms with Crippen molar-refractivity contribution >= 4 is 33.1 Å². The van der Waals surface area contributed by atoms with Gasteiger partial charge < -0.3 is 19.0 Å². The molecule has 0 spiro atoms. The molecule has 5 heteroatoms. The van der Waals surface area contributed by atoms with Gasteiger partial charge in [0.2, 0.25) is 0 Å². The summed E-state index contributed by atoms with van der Waals surface area (Å²) < 4.78 is 10.9. The van der Waals surface area contributed by atoms with Crippen molar-refractivity contribution in [2.45, 2.75) is 0 Å². The molecule has 1 aromatic heterocycles. The molecular formula is C24H22N2O3. The molecule has 0 bridgehead atoms. The zero-order valence-corrected chi connectivity index (χ0v) is 16.3. The van der Waals surface area contributed by atoms with Crippen molar-refractivity contribution < 1.29 is 9.15 Å². The van der Waals surface area contributed by atoms with E-state index in [1.165, 1.54) is 5.69 Å². The maximum atomic E-state index is 12.3. The largest absolute Gasteiger partial charge is 0.497 e. The van der Waals surface area contributed by atoms with Gasteiger partial charge in [-0.15, -0.1) is 0 Å². The molecule has 1 saturated heterocycles. The lowest BCUT2D eigenvalue weighted by Gasteiger charge is -2.37. The Labute approximate surface area is 168 Å². The smallest absolute Gasteiger partial charge is 0.338 e. The normalized spacial score (nSPS) is 14.5. The second-order valence-corrected chi connectivity index (χ2v) is 7.29. The van der Waals surface area contributed by atoms with Gasteiger partial charge in [-0.1, -0.05) is 30.3 Å². The fourth-order valence-corrected chi connectivity index (χ4v) is 4.13. The first-order valence-electron chi connectivity index (χ1n) is 9.82. The third-order valence-electron chi connectivity index (χ3n) is 5.67. The van der Waals surface area contributed by atoms with Crippen molar-refractivity contribution in [1.82, 2.24) is 0 Å². The Kier molecular flexibility index (Phi) is 4.35. The fraction of sp³-hybridized carbons (Fsp3) is 0.208. The SMILES string of the molecule is COc1ccc(N2CCN(c3cc(=O)oc4c3ccc3ccccc34)CC2)cc1. The van der Waals surface area contributed by atoms with Crippen LogP contribution in [0.3, 0.4) is 0 Å². The molecule has 0 saturated carbocycles. The quantitative estimate of drug-likeness (QED) is 0.388. The monoisotopic (exact) mass is 386 g/mol. The molecule has 0 aliphatic carbocycles. The molecule has 2 heterocycles. The highest BCUT2D eigenvalue weighted by Gasteiger charge is 2.21. The number of benzene rings is 3. The van der Waals surface area contributed by atoms with Gasteiger partial charge in [0, 0.05) is 48.7 Å². The van der Waals surface area contributed by atoms with Crippen LogP contribution in [0.5, 0.6) is 5.75 Å². The summed E-state index contributed by atoms with van der Waals surface area (Å²) in [5.41, 5.74) is 2.51. The number of hydrogen-bond acceptors (Lipinski definition) is 5. The second-order valence-electron chi connectivity index (χ2n) is 7.29. The van der Waals surface area contributed by atoms with Crippen LogP contribution in [0.2, 0.25) is 0 Å². The molecule has 4 aromatic rings. The topological polar surface area (TPSA) is 45.9 Å². The van der Waals surface area contributed by atoms with E-state index in [1.807, 2.05) is 36.4 Å². The Bertz CT molecular complexity index is 1220. The Morgan fingerprint density at radius 3 is 2.31 bits per heavy atom. The number of nitrogens with zero attached hydrogens (tertiary/aromatic N) is 2. The fourth-order valence-electron chi connectivity index (χ4n) is 4.13. The van der Waals surface area contributed by atoms with Gasteiger partial charge in [0.05, 0.1) is 12.8 Å². The first-order chi connectivity index (χ1) is 14.2. The van der Waals surface area contributed by atoms with E-state index in [0.29, 0.717) is 5.58 Å². The Morgan fingerprint density at radius 1 is 0.828 bits per heavy atom. The molecule has 3 aromatic carbocycles. The van der Waals surface area contributed by atoms with E-state index in [9.17, 15) is 4.79 Å². The van der Waals surface area contributed by atoms with Gasteiger partial charge in [0.1, 0.15) is 11.3 Å². The average molecular weight is 386 g/mol. The minimum atomic E-state index is -0.304. The highest BCUT2D eigenvalue weighted by atomic mass is 16.5. The maximum absolute atomic E-state index is 12.3. The van der Waals surface area contributed by atoms with E-state index >= 15 is 0 Å². The predicted molar refractivity (Wildman–Crippen MR) is 117 cm³/mol. The number of ether oxygens (including phenoxy) is 1. The molecule has 0 unspecified atom stereocenters. The third kappa shape index (κ3) is 3.18. The molecule has 5 rings (SSSR count). The lowest BCUT2D eigenvalue weighted by atomic mass is 10.1. The van der Waals surface area contributed by atoms with E-state index in [1.54, 1.807) is 13.2 Å². The van der Waals surface area contributed by atoms with Gasteiger partial charge in [-0.2, -0.15) is 0 Å². The Balaban J connectivity index is 1.46. The number of piperazine rings is 1. The van der Waals surface area contributed by atoms with Crippen LogP contribution in [0.4, 0.5) is 11.4 Å². The van der Waals surface area contributed by atoms with Crippen LogP contribution in [0, 0.1) is 0 Å². The van der Waals surface area contributed by atoms with Crippen LogP contribution < -0.4 is 20.2 Å². The van der Waals surface area contributed by atoms with E-state index in [0.717, 1.165) is 53.8 Å². The van der Waals surface area contributed by atoms with Crippen molar-refractivity contribution in [2.24, 2.45) is 0 Å². The van der Waals surface area contributed by atoms with E-state index in [-0.39, 0.29) is 5.63 Å². The summed E-state index contributed by atoms with van der Waals surface area (Å²) in [6.07, 6.45) is 0. The standard InChI is InChI=1S/C24H22N2O3/c1-28-19-9-7-18(8-10-19)25-12-14-26(15-13-25)22-16-23(27)29-24-20-5-3-2-4-17(20)6-11-21(22)24/h2-11,16H,12-15H2,1H3. The molecule has 1 aliphatic heterocycles. The first kappa shape index (κ1) is 17.6. The summed E-state index contributed by atoms with van der Waals surface area (Å²) in [5, 5.41) is 3.03. The van der Waals surface area contributed by atoms with Crippen molar-refractivity contribution in [1.29, 1.82) is 0 Å². The van der Waals surface area contributed by atoms with Gasteiger partial charge in [-0.05, 0) is 35.7 Å². The lowest BCUT2D eigenvalue weighted by molar-refractivity contribution is 0.415. The highest BCUT2D eigenvalue weighted by Crippen LogP contribution is 2.32. The van der Waals surface area contributed by atoms with Crippen molar-refractivity contribution in [3.05, 3.63) is 77.2 Å². The van der Waals surface area contributed by atoms with Gasteiger partial charge >= 0.3 is 5.63 Å². The summed E-state index contributed by atoms with van der Waals surface area (Å²) in [7, 11) is 1.68. The maximum Gasteiger partial charge on any atom is 0.338 e. The second kappa shape index (κ2) is 7.17. The van der Waals surface area contributed by atoms with E-state index in [4.69, 9.17) is 9.15 Å². The van der Waals surface area contributed by atoms with Crippen molar-refractivity contribution in [3.8, 4) is 5.75 Å². The molecule has 0 radical (unpaired) electrons. The minimum Gasteiger partial charge on any atom is -0.497 e. The van der Waals surface area contributed by atoms with Crippen LogP contribution in [-0.4, -0.2) is 33.3 Å². The molecule has 29 heavy (non-hydrogen) atoms. The molecule has 1 fully saturated rings. The summed E-state index contributed by atoms with van der Waals surface area (Å²) >= 11 is 0. The highest BCUT2D eigenvalue weighted by molar-refractivity contribution is 6.08. The van der Waals surface area contributed by atoms with E-state index < -0.39 is 0 Å².